The van der Waals surface area contributed by atoms with E-state index in [4.69, 9.17) is 0 Å². The first-order valence-electron chi connectivity index (χ1n) is 25.8. The number of thiophene rings is 2. The number of fused-ring (bicyclic) bond motifs is 15. The van der Waals surface area contributed by atoms with Crippen LogP contribution in [0.5, 0.6) is 0 Å². The Morgan fingerprint density at radius 2 is 1.17 bits per heavy atom. The summed E-state index contributed by atoms with van der Waals surface area (Å²) < 4.78 is 8.11. The van der Waals surface area contributed by atoms with Gasteiger partial charge in [0, 0.05) is 69.5 Å². The molecule has 0 saturated heterocycles. The molecule has 2 atom stereocenters. The first-order valence-corrected chi connectivity index (χ1v) is 27.5. The highest BCUT2D eigenvalue weighted by Gasteiger charge is 2.58. The van der Waals surface area contributed by atoms with Crippen molar-refractivity contribution < 1.29 is 0 Å². The van der Waals surface area contributed by atoms with E-state index in [1.807, 2.05) is 22.7 Å². The van der Waals surface area contributed by atoms with Crippen LogP contribution in [-0.2, 0) is 21.7 Å². The molecule has 4 aliphatic rings. The number of hydrogen-bond acceptors (Lipinski definition) is 4. The molecule has 3 aliphatic heterocycles. The van der Waals surface area contributed by atoms with Gasteiger partial charge in [-0.3, -0.25) is 0 Å². The van der Waals surface area contributed by atoms with Gasteiger partial charge in [-0.15, -0.1) is 22.7 Å². The summed E-state index contributed by atoms with van der Waals surface area (Å²) in [5.74, 6) is 0. The minimum absolute atomic E-state index is 0.0204. The lowest BCUT2D eigenvalue weighted by Gasteiger charge is -2.50. The van der Waals surface area contributed by atoms with Gasteiger partial charge in [-0.05, 0) is 135 Å². The van der Waals surface area contributed by atoms with Crippen molar-refractivity contribution in [3.05, 3.63) is 150 Å². The molecule has 0 N–H and O–H groups in total. The SMILES string of the molecule is CC(C)(C)c1cc2c3c(c1)-n1c4c(cc(C(C)(C)C)cc4c4sc5ccccc5c41)B3c1ccc(N3c4ccc(C(C)(C)C)cc4C4(C)CCCCC34C)cc1N2c1cccc2sc3ccccc3c12. The predicted molar refractivity (Wildman–Crippen MR) is 307 cm³/mol. The summed E-state index contributed by atoms with van der Waals surface area (Å²) in [6.07, 6.45) is 4.87. The number of aromatic nitrogens is 1. The highest BCUT2D eigenvalue weighted by Crippen LogP contribution is 2.62. The Hall–Kier alpha value is -5.82. The number of hydrogen-bond donors (Lipinski definition) is 0. The van der Waals surface area contributed by atoms with Crippen molar-refractivity contribution >= 4 is 126 Å². The quantitative estimate of drug-likeness (QED) is 0.160. The fourth-order valence-electron chi connectivity index (χ4n) is 13.8. The van der Waals surface area contributed by atoms with E-state index in [0.29, 0.717) is 0 Å². The van der Waals surface area contributed by atoms with Gasteiger partial charge in [-0.25, -0.2) is 0 Å². The van der Waals surface area contributed by atoms with E-state index in [9.17, 15) is 0 Å². The average molecular weight is 948 g/mol. The van der Waals surface area contributed by atoms with Crippen molar-refractivity contribution in [2.24, 2.45) is 0 Å². The molecule has 0 radical (unpaired) electrons. The van der Waals surface area contributed by atoms with Gasteiger partial charge in [-0.1, -0.05) is 149 Å². The van der Waals surface area contributed by atoms with Gasteiger partial charge in [0.15, 0.2) is 0 Å². The molecule has 6 heteroatoms. The lowest BCUT2D eigenvalue weighted by Crippen LogP contribution is -2.61. The molecule has 70 heavy (non-hydrogen) atoms. The van der Waals surface area contributed by atoms with Crippen LogP contribution >= 0.6 is 22.7 Å². The molecular formula is C64H62BN3S2. The molecule has 3 nitrogen and oxygen atoms in total. The van der Waals surface area contributed by atoms with Crippen molar-refractivity contribution in [2.45, 2.75) is 129 Å². The largest absolute Gasteiger partial charge is 0.334 e. The Kier molecular flexibility index (Phi) is 8.59. The van der Waals surface area contributed by atoms with E-state index < -0.39 is 0 Å². The van der Waals surface area contributed by atoms with Crippen molar-refractivity contribution in [3.63, 3.8) is 0 Å². The molecule has 6 heterocycles. The highest BCUT2D eigenvalue weighted by molar-refractivity contribution is 7.27. The Morgan fingerprint density at radius 1 is 0.500 bits per heavy atom. The number of benzene rings is 7. The summed E-state index contributed by atoms with van der Waals surface area (Å²) in [5.41, 5.74) is 20.3. The fraction of sp³-hybridized carbons (Fsp3) is 0.312. The molecule has 1 aliphatic carbocycles. The third-order valence-corrected chi connectivity index (χ3v) is 20.1. The van der Waals surface area contributed by atoms with Gasteiger partial charge < -0.3 is 14.4 Å². The third-order valence-electron chi connectivity index (χ3n) is 17.8. The minimum Gasteiger partial charge on any atom is -0.334 e. The second kappa shape index (κ2) is 14.0. The smallest absolute Gasteiger partial charge is 0.252 e. The van der Waals surface area contributed by atoms with Crippen LogP contribution in [0.3, 0.4) is 0 Å². The summed E-state index contributed by atoms with van der Waals surface area (Å²) in [7, 11) is 0. The van der Waals surface area contributed by atoms with Gasteiger partial charge >= 0.3 is 0 Å². The van der Waals surface area contributed by atoms with Crippen molar-refractivity contribution in [1.82, 2.24) is 4.57 Å². The lowest BCUT2D eigenvalue weighted by molar-refractivity contribution is 0.195. The maximum atomic E-state index is 2.81. The summed E-state index contributed by atoms with van der Waals surface area (Å²) in [6.45, 7) is 26.7. The molecule has 7 aromatic carbocycles. The summed E-state index contributed by atoms with van der Waals surface area (Å²) >= 11 is 3.88. The minimum atomic E-state index is -0.112. The van der Waals surface area contributed by atoms with Crippen LogP contribution in [-0.4, -0.2) is 16.8 Å². The van der Waals surface area contributed by atoms with Crippen LogP contribution in [0, 0.1) is 0 Å². The number of anilines is 5. The second-order valence-electron chi connectivity index (χ2n) is 24.9. The van der Waals surface area contributed by atoms with Crippen LogP contribution in [0.15, 0.2) is 127 Å². The molecule has 10 aromatic rings. The maximum absolute atomic E-state index is 2.81. The summed E-state index contributed by atoms with van der Waals surface area (Å²) in [4.78, 5) is 5.54. The van der Waals surface area contributed by atoms with Gasteiger partial charge in [0.05, 0.1) is 27.0 Å². The molecule has 14 rings (SSSR count). The summed E-state index contributed by atoms with van der Waals surface area (Å²) in [6, 6.07) is 50.8. The van der Waals surface area contributed by atoms with Crippen molar-refractivity contribution in [3.8, 4) is 5.69 Å². The first kappa shape index (κ1) is 43.0. The Morgan fingerprint density at radius 3 is 1.93 bits per heavy atom. The van der Waals surface area contributed by atoms with E-state index in [1.165, 1.54) is 143 Å². The normalized spacial score (nSPS) is 19.7. The van der Waals surface area contributed by atoms with Crippen LogP contribution in [0.4, 0.5) is 28.4 Å². The van der Waals surface area contributed by atoms with Gasteiger partial charge in [0.25, 0.3) is 6.71 Å². The number of nitrogens with zero attached hydrogens (tertiary/aromatic N) is 3. The zero-order valence-corrected chi connectivity index (χ0v) is 44.3. The zero-order chi connectivity index (χ0) is 48.2. The van der Waals surface area contributed by atoms with Crippen LogP contribution in [0.1, 0.15) is 124 Å². The Bertz CT molecular complexity index is 3920. The van der Waals surface area contributed by atoms with Crippen LogP contribution in [0.25, 0.3) is 57.1 Å². The van der Waals surface area contributed by atoms with Crippen molar-refractivity contribution in [1.29, 1.82) is 0 Å². The van der Waals surface area contributed by atoms with E-state index >= 15 is 0 Å². The molecule has 1 saturated carbocycles. The predicted octanol–water partition coefficient (Wildman–Crippen LogP) is 16.6. The van der Waals surface area contributed by atoms with Crippen LogP contribution < -0.4 is 26.2 Å². The van der Waals surface area contributed by atoms with E-state index in [1.54, 1.807) is 0 Å². The van der Waals surface area contributed by atoms with E-state index in [2.05, 4.69) is 218 Å². The number of rotatable bonds is 2. The molecule has 2 unspecified atom stereocenters. The first-order chi connectivity index (χ1) is 33.3. The Labute approximate surface area is 421 Å². The maximum Gasteiger partial charge on any atom is 0.252 e. The Balaban J connectivity index is 1.13. The third kappa shape index (κ3) is 5.58. The second-order valence-corrected chi connectivity index (χ2v) is 27.0. The molecule has 0 bridgehead atoms. The monoisotopic (exact) mass is 947 g/mol. The van der Waals surface area contributed by atoms with Gasteiger partial charge in [-0.2, -0.15) is 0 Å². The topological polar surface area (TPSA) is 11.4 Å². The van der Waals surface area contributed by atoms with Crippen LogP contribution in [0.2, 0.25) is 0 Å². The molecular weight excluding hydrogens is 886 g/mol. The average Bonchev–Trinajstić information content (AvgIpc) is 4.04. The highest BCUT2D eigenvalue weighted by atomic mass is 32.1. The van der Waals surface area contributed by atoms with Gasteiger partial charge in [0.1, 0.15) is 0 Å². The summed E-state index contributed by atoms with van der Waals surface area (Å²) in [5, 5.41) is 5.38. The zero-order valence-electron chi connectivity index (χ0n) is 42.7. The standard InChI is InChI=1S/C64H62BN3S2/c1-60(2,3)37-25-28-47-44(32-37)63(10)29-16-17-30-64(63,11)68(47)40-26-27-45-49(36-40)66(48-21-18-24-54-55(48)41-19-12-14-22-52(41)69-54)50-34-39(62(7,8)9)35-51-56(50)65(45)46-33-38(61(4,5)6)31-43-57(46)67(51)58-42-20-13-15-23-53(42)70-59(43)58/h12-15,18-28,31-36H,16-17,29-30H2,1-11H3. The molecule has 1 fully saturated rings. The van der Waals surface area contributed by atoms with Crippen molar-refractivity contribution in [2.75, 3.05) is 9.80 Å². The van der Waals surface area contributed by atoms with E-state index in [0.717, 1.165) is 6.42 Å². The van der Waals surface area contributed by atoms with Gasteiger partial charge in [0.2, 0.25) is 0 Å². The molecule has 0 amide bonds. The fourth-order valence-corrected chi connectivity index (χ4v) is 16.1. The lowest BCUT2D eigenvalue weighted by atomic mass is 9.33. The molecule has 3 aromatic heterocycles. The molecule has 348 valence electrons. The molecule has 0 spiro atoms. The van der Waals surface area contributed by atoms with E-state index in [-0.39, 0.29) is 33.9 Å².